The van der Waals surface area contributed by atoms with Crippen LogP contribution in [0, 0.1) is 0 Å². The van der Waals surface area contributed by atoms with Crippen LogP contribution in [-0.4, -0.2) is 71.7 Å². The molecule has 0 aliphatic carbocycles. The van der Waals surface area contributed by atoms with Crippen molar-refractivity contribution in [2.24, 2.45) is 5.73 Å². The van der Waals surface area contributed by atoms with Crippen LogP contribution in [0.5, 0.6) is 5.75 Å². The molecule has 14 heteroatoms. The third-order valence-corrected chi connectivity index (χ3v) is 8.12. The molecule has 0 spiro atoms. The Kier molecular flexibility index (Phi) is 15.5. The van der Waals surface area contributed by atoms with Crippen LogP contribution in [0.15, 0.2) is 54.6 Å². The van der Waals surface area contributed by atoms with Crippen molar-refractivity contribution >= 4 is 33.7 Å². The molecule has 0 bridgehead atoms. The zero-order chi connectivity index (χ0) is 33.4. The van der Waals surface area contributed by atoms with Crippen LogP contribution < -0.4 is 27.0 Å². The van der Waals surface area contributed by atoms with Gasteiger partial charge in [-0.1, -0.05) is 82.0 Å². The summed E-state index contributed by atoms with van der Waals surface area (Å²) in [6.45, 7) is 3.24. The highest BCUT2D eigenvalue weighted by Gasteiger charge is 2.30. The summed E-state index contributed by atoms with van der Waals surface area (Å²) in [6, 6.07) is 11.8. The number of phenolic OH excluding ortho intramolecular Hbond substituents is 1. The fraction of sp³-hybridized carbons (Fsp3) is 0.484. The Labute approximate surface area is 264 Å². The lowest BCUT2D eigenvalue weighted by Gasteiger charge is -2.23. The van der Waals surface area contributed by atoms with Gasteiger partial charge in [-0.25, -0.2) is 0 Å². The zero-order valence-corrected chi connectivity index (χ0v) is 26.5. The van der Waals surface area contributed by atoms with E-state index in [1.165, 1.54) is 12.1 Å². The number of carbonyl (C=O) groups excluding carboxylic acids is 4. The molecule has 0 fully saturated rings. The summed E-state index contributed by atoms with van der Waals surface area (Å²) in [7, 11) is -4.60. The number of nitrogens with two attached hydrogens (primary N) is 1. The standard InChI is InChI=1S/C31H45N5O8S/c1-3-5-12-25(35-29(39)24(32)18-22-14-16-23(37)17-15-22)30(40)33-20-27(38)34-26(19-21-10-8-7-9-11-21)31(41)36-28(13-6-4-2)45(42,43)44/h7-11,14-17,24-26,28,37H,3-6,12-13,18-20,32H2,1-2H3,(H,33,40)(H,34,38)(H,35,39)(H,36,41)(H,42,43,44)/t24-,25+,26-,28?/m0/s1. The largest absolute Gasteiger partial charge is 0.508 e. The zero-order valence-electron chi connectivity index (χ0n) is 25.7. The maximum atomic E-state index is 13.1. The van der Waals surface area contributed by atoms with E-state index in [0.717, 1.165) is 12.0 Å². The molecule has 0 radical (unpaired) electrons. The SMILES string of the molecule is CCCCC(NC(=O)[C@H](Cc1ccccc1)NC(=O)CNC(=O)[C@@H](CCCC)NC(=O)[C@@H](N)Cc1ccc(O)cc1)S(=O)(=O)O. The normalized spacial score (nSPS) is 14.0. The van der Waals surface area contributed by atoms with Crippen LogP contribution in [0.3, 0.4) is 0 Å². The lowest BCUT2D eigenvalue weighted by atomic mass is 10.0. The van der Waals surface area contributed by atoms with Gasteiger partial charge in [-0.2, -0.15) is 8.42 Å². The van der Waals surface area contributed by atoms with Crippen LogP contribution >= 0.6 is 0 Å². The van der Waals surface area contributed by atoms with E-state index in [0.29, 0.717) is 31.2 Å². The van der Waals surface area contributed by atoms with E-state index in [-0.39, 0.29) is 25.0 Å². The lowest BCUT2D eigenvalue weighted by Crippen LogP contribution is -2.55. The molecular weight excluding hydrogens is 602 g/mol. The maximum absolute atomic E-state index is 13.1. The van der Waals surface area contributed by atoms with E-state index < -0.39 is 63.8 Å². The van der Waals surface area contributed by atoms with Crippen LogP contribution in [0.4, 0.5) is 0 Å². The number of nitrogens with one attached hydrogen (secondary N) is 4. The number of hydrogen-bond donors (Lipinski definition) is 7. The van der Waals surface area contributed by atoms with Crippen molar-refractivity contribution in [3.05, 3.63) is 65.7 Å². The third kappa shape index (κ3) is 13.7. The fourth-order valence-corrected chi connectivity index (χ4v) is 5.20. The maximum Gasteiger partial charge on any atom is 0.286 e. The highest BCUT2D eigenvalue weighted by molar-refractivity contribution is 7.86. The van der Waals surface area contributed by atoms with Crippen molar-refractivity contribution in [1.29, 1.82) is 0 Å². The molecular formula is C31H45N5O8S. The topological polar surface area (TPSA) is 217 Å². The Morgan fingerprint density at radius 3 is 1.96 bits per heavy atom. The summed E-state index contributed by atoms with van der Waals surface area (Å²) < 4.78 is 33.4. The summed E-state index contributed by atoms with van der Waals surface area (Å²) in [5.41, 5.74) is 7.47. The van der Waals surface area contributed by atoms with E-state index in [1.807, 2.05) is 13.8 Å². The molecule has 1 unspecified atom stereocenters. The minimum Gasteiger partial charge on any atom is -0.508 e. The summed E-state index contributed by atoms with van der Waals surface area (Å²) in [4.78, 5) is 51.9. The van der Waals surface area contributed by atoms with Crippen molar-refractivity contribution < 1.29 is 37.3 Å². The first-order valence-electron chi connectivity index (χ1n) is 15.1. The van der Waals surface area contributed by atoms with Crippen molar-refractivity contribution in [2.75, 3.05) is 6.54 Å². The van der Waals surface area contributed by atoms with Gasteiger partial charge in [0, 0.05) is 6.42 Å². The third-order valence-electron chi connectivity index (χ3n) is 7.05. The number of aromatic hydroxyl groups is 1. The Morgan fingerprint density at radius 1 is 0.756 bits per heavy atom. The van der Waals surface area contributed by atoms with Crippen LogP contribution in [-0.2, 0) is 42.1 Å². The number of carbonyl (C=O) groups is 4. The van der Waals surface area contributed by atoms with E-state index in [9.17, 15) is 37.3 Å². The summed E-state index contributed by atoms with van der Waals surface area (Å²) >= 11 is 0. The minimum atomic E-state index is -4.60. The van der Waals surface area contributed by atoms with Gasteiger partial charge < -0.3 is 32.1 Å². The Hall–Kier alpha value is -4.01. The van der Waals surface area contributed by atoms with Crippen LogP contribution in [0.25, 0.3) is 0 Å². The van der Waals surface area contributed by atoms with Gasteiger partial charge in [0.05, 0.1) is 12.6 Å². The molecule has 248 valence electrons. The molecule has 0 saturated heterocycles. The molecule has 2 aromatic rings. The van der Waals surface area contributed by atoms with Gasteiger partial charge in [0.15, 0.2) is 5.37 Å². The lowest BCUT2D eigenvalue weighted by molar-refractivity contribution is -0.132. The number of phenols is 1. The number of benzene rings is 2. The second kappa shape index (κ2) is 18.7. The summed E-state index contributed by atoms with van der Waals surface area (Å²) in [6.07, 6.45) is 2.93. The molecule has 0 aromatic heterocycles. The molecule has 45 heavy (non-hydrogen) atoms. The molecule has 0 heterocycles. The van der Waals surface area contributed by atoms with Gasteiger partial charge in [-0.05, 0) is 42.5 Å². The number of hydrogen-bond acceptors (Lipinski definition) is 8. The molecule has 2 aromatic carbocycles. The molecule has 8 N–H and O–H groups in total. The minimum absolute atomic E-state index is 0.00734. The van der Waals surface area contributed by atoms with Crippen LogP contribution in [0.2, 0.25) is 0 Å². The number of unbranched alkanes of at least 4 members (excludes halogenated alkanes) is 2. The predicted molar refractivity (Wildman–Crippen MR) is 169 cm³/mol. The van der Waals surface area contributed by atoms with Gasteiger partial charge >= 0.3 is 0 Å². The van der Waals surface area contributed by atoms with E-state index in [4.69, 9.17) is 5.73 Å². The second-order valence-corrected chi connectivity index (χ2v) is 12.5. The van der Waals surface area contributed by atoms with Crippen molar-refractivity contribution in [3.63, 3.8) is 0 Å². The highest BCUT2D eigenvalue weighted by atomic mass is 32.2. The second-order valence-electron chi connectivity index (χ2n) is 10.9. The van der Waals surface area contributed by atoms with Gasteiger partial charge in [-0.3, -0.25) is 23.7 Å². The molecule has 0 aliphatic heterocycles. The van der Waals surface area contributed by atoms with Gasteiger partial charge in [0.25, 0.3) is 10.1 Å². The average Bonchev–Trinajstić information content (AvgIpc) is 3.00. The van der Waals surface area contributed by atoms with Gasteiger partial charge in [-0.15, -0.1) is 0 Å². The smallest absolute Gasteiger partial charge is 0.286 e. The molecule has 0 aliphatic rings. The number of rotatable bonds is 19. The first kappa shape index (κ1) is 37.2. The predicted octanol–water partition coefficient (Wildman–Crippen LogP) is 1.30. The first-order chi connectivity index (χ1) is 21.3. The quantitative estimate of drug-likeness (QED) is 0.109. The Balaban J connectivity index is 2.06. The summed E-state index contributed by atoms with van der Waals surface area (Å²) in [5, 5.41) is 17.9. The van der Waals surface area contributed by atoms with E-state index in [2.05, 4.69) is 21.3 Å². The molecule has 13 nitrogen and oxygen atoms in total. The molecule has 0 saturated carbocycles. The molecule has 4 atom stereocenters. The van der Waals surface area contributed by atoms with Crippen molar-refractivity contribution in [2.45, 2.75) is 88.7 Å². The molecule has 2 rings (SSSR count). The van der Waals surface area contributed by atoms with E-state index in [1.54, 1.807) is 42.5 Å². The van der Waals surface area contributed by atoms with Gasteiger partial charge in [0.2, 0.25) is 23.6 Å². The van der Waals surface area contributed by atoms with Crippen molar-refractivity contribution in [1.82, 2.24) is 21.3 Å². The Bertz CT molecular complexity index is 1360. The fourth-order valence-electron chi connectivity index (χ4n) is 4.47. The summed E-state index contributed by atoms with van der Waals surface area (Å²) in [5.74, 6) is -2.62. The van der Waals surface area contributed by atoms with Crippen LogP contribution in [0.1, 0.15) is 63.5 Å². The molecule has 4 amide bonds. The Morgan fingerprint density at radius 2 is 1.36 bits per heavy atom. The number of amides is 4. The first-order valence-corrected chi connectivity index (χ1v) is 16.6. The van der Waals surface area contributed by atoms with Gasteiger partial charge in [0.1, 0.15) is 17.8 Å². The van der Waals surface area contributed by atoms with E-state index >= 15 is 0 Å². The highest BCUT2D eigenvalue weighted by Crippen LogP contribution is 2.12. The average molecular weight is 648 g/mol. The van der Waals surface area contributed by atoms with Crippen molar-refractivity contribution in [3.8, 4) is 5.75 Å². The monoisotopic (exact) mass is 647 g/mol.